The molecule has 4 aromatic rings. The quantitative estimate of drug-likeness (QED) is 0.448. The molecule has 0 amide bonds. The summed E-state index contributed by atoms with van der Waals surface area (Å²) in [6, 6.07) is 17.3. The van der Waals surface area contributed by atoms with Gasteiger partial charge in [0.05, 0.1) is 10.2 Å². The second kappa shape index (κ2) is 4.18. The molecular formula is C17H12FNS. The van der Waals surface area contributed by atoms with Crippen molar-refractivity contribution in [3.05, 3.63) is 66.1 Å². The van der Waals surface area contributed by atoms with Gasteiger partial charge in [-0.1, -0.05) is 24.3 Å². The van der Waals surface area contributed by atoms with E-state index in [1.54, 1.807) is 11.3 Å². The van der Waals surface area contributed by atoms with Gasteiger partial charge in [-0.15, -0.1) is 11.3 Å². The molecule has 3 heteroatoms. The van der Waals surface area contributed by atoms with Crippen LogP contribution in [-0.4, -0.2) is 4.40 Å². The standard InChI is InChI=1S/C17H12FNS/c1-11-10-14(12-6-8-13(18)9-7-12)17-19(11)15-4-2-3-5-16(15)20-17/h2-10H,1H3. The molecule has 4 rings (SSSR count). The number of rotatable bonds is 1. The van der Waals surface area contributed by atoms with E-state index in [9.17, 15) is 4.39 Å². The van der Waals surface area contributed by atoms with E-state index in [4.69, 9.17) is 0 Å². The van der Waals surface area contributed by atoms with E-state index in [2.05, 4.69) is 41.7 Å². The van der Waals surface area contributed by atoms with Gasteiger partial charge in [-0.3, -0.25) is 0 Å². The van der Waals surface area contributed by atoms with Crippen LogP contribution >= 0.6 is 11.3 Å². The maximum Gasteiger partial charge on any atom is 0.123 e. The van der Waals surface area contributed by atoms with Crippen molar-refractivity contribution in [2.45, 2.75) is 6.92 Å². The first kappa shape index (κ1) is 11.7. The normalized spacial score (nSPS) is 11.5. The van der Waals surface area contributed by atoms with E-state index in [1.807, 2.05) is 12.1 Å². The second-order valence-corrected chi connectivity index (χ2v) is 5.95. The van der Waals surface area contributed by atoms with E-state index in [1.165, 1.54) is 38.4 Å². The average molecular weight is 281 g/mol. The predicted octanol–water partition coefficient (Wildman–Crippen LogP) is 5.27. The fourth-order valence-electron chi connectivity index (χ4n) is 2.68. The molecule has 0 saturated carbocycles. The van der Waals surface area contributed by atoms with Crippen molar-refractivity contribution in [1.82, 2.24) is 4.40 Å². The molecule has 0 unspecified atom stereocenters. The van der Waals surface area contributed by atoms with Crippen molar-refractivity contribution < 1.29 is 4.39 Å². The lowest BCUT2D eigenvalue weighted by Crippen LogP contribution is -1.81. The number of hydrogen-bond donors (Lipinski definition) is 0. The van der Waals surface area contributed by atoms with Crippen LogP contribution in [0.25, 0.3) is 26.2 Å². The van der Waals surface area contributed by atoms with Crippen LogP contribution in [0.2, 0.25) is 0 Å². The van der Waals surface area contributed by atoms with Crippen LogP contribution in [0.15, 0.2) is 54.6 Å². The van der Waals surface area contributed by atoms with Gasteiger partial charge < -0.3 is 4.40 Å². The van der Waals surface area contributed by atoms with Gasteiger partial charge in [-0.05, 0) is 42.8 Å². The van der Waals surface area contributed by atoms with E-state index in [0.717, 1.165) is 5.56 Å². The largest absolute Gasteiger partial charge is 0.304 e. The van der Waals surface area contributed by atoms with Crippen LogP contribution in [0.3, 0.4) is 0 Å². The summed E-state index contributed by atoms with van der Waals surface area (Å²) in [7, 11) is 0. The van der Waals surface area contributed by atoms with Crippen LogP contribution in [0.4, 0.5) is 4.39 Å². The minimum absolute atomic E-state index is 0.197. The number of nitrogens with zero attached hydrogens (tertiary/aromatic N) is 1. The van der Waals surface area contributed by atoms with Gasteiger partial charge in [0.1, 0.15) is 10.6 Å². The third-order valence-corrected chi connectivity index (χ3v) is 4.77. The van der Waals surface area contributed by atoms with Crippen LogP contribution in [-0.2, 0) is 0 Å². The minimum Gasteiger partial charge on any atom is -0.304 e. The molecule has 20 heavy (non-hydrogen) atoms. The summed E-state index contributed by atoms with van der Waals surface area (Å²) < 4.78 is 16.6. The molecule has 1 nitrogen and oxygen atoms in total. The molecule has 0 aliphatic rings. The monoisotopic (exact) mass is 281 g/mol. The SMILES string of the molecule is Cc1cc(-c2ccc(F)cc2)c2sc3ccccc3n12. The molecule has 0 aliphatic carbocycles. The highest BCUT2D eigenvalue weighted by atomic mass is 32.1. The number of fused-ring (bicyclic) bond motifs is 3. The van der Waals surface area contributed by atoms with Crippen molar-refractivity contribution in [1.29, 1.82) is 0 Å². The number of aromatic nitrogens is 1. The van der Waals surface area contributed by atoms with Crippen molar-refractivity contribution in [2.24, 2.45) is 0 Å². The maximum atomic E-state index is 13.1. The smallest absolute Gasteiger partial charge is 0.123 e. The molecule has 0 radical (unpaired) electrons. The number of hydrogen-bond acceptors (Lipinski definition) is 1. The first-order valence-corrected chi connectivity index (χ1v) is 7.31. The van der Waals surface area contributed by atoms with Gasteiger partial charge in [0, 0.05) is 11.3 Å². The summed E-state index contributed by atoms with van der Waals surface area (Å²) >= 11 is 1.78. The third kappa shape index (κ3) is 1.60. The van der Waals surface area contributed by atoms with E-state index in [0.29, 0.717) is 0 Å². The maximum absolute atomic E-state index is 13.1. The second-order valence-electron chi connectivity index (χ2n) is 4.92. The molecule has 0 saturated heterocycles. The summed E-state index contributed by atoms with van der Waals surface area (Å²) in [5.41, 5.74) is 4.67. The Hall–Kier alpha value is -2.13. The zero-order valence-electron chi connectivity index (χ0n) is 10.9. The number of halogens is 1. The number of para-hydroxylation sites is 1. The minimum atomic E-state index is -0.197. The Kier molecular flexibility index (Phi) is 2.44. The summed E-state index contributed by atoms with van der Waals surface area (Å²) in [5.74, 6) is -0.197. The highest BCUT2D eigenvalue weighted by molar-refractivity contribution is 7.24. The van der Waals surface area contributed by atoms with Gasteiger partial charge in [-0.2, -0.15) is 0 Å². The van der Waals surface area contributed by atoms with Gasteiger partial charge in [0.25, 0.3) is 0 Å². The molecule has 0 bridgehead atoms. The first-order chi connectivity index (χ1) is 9.74. The molecule has 0 aliphatic heterocycles. The lowest BCUT2D eigenvalue weighted by atomic mass is 10.1. The summed E-state index contributed by atoms with van der Waals surface area (Å²) in [6.45, 7) is 2.11. The Morgan fingerprint density at radius 3 is 2.55 bits per heavy atom. The Balaban J connectivity index is 2.07. The van der Waals surface area contributed by atoms with Crippen LogP contribution in [0, 0.1) is 12.7 Å². The number of aryl methyl sites for hydroxylation is 1. The van der Waals surface area contributed by atoms with Crippen molar-refractivity contribution in [2.75, 3.05) is 0 Å². The molecule has 2 heterocycles. The summed E-state index contributed by atoms with van der Waals surface area (Å²) in [4.78, 5) is 1.22. The highest BCUT2D eigenvalue weighted by Gasteiger charge is 2.13. The topological polar surface area (TPSA) is 4.41 Å². The molecule has 98 valence electrons. The van der Waals surface area contributed by atoms with Gasteiger partial charge in [0.15, 0.2) is 0 Å². The molecule has 2 aromatic heterocycles. The average Bonchev–Trinajstić information content (AvgIpc) is 2.98. The van der Waals surface area contributed by atoms with Crippen molar-refractivity contribution in [3.63, 3.8) is 0 Å². The van der Waals surface area contributed by atoms with E-state index < -0.39 is 0 Å². The van der Waals surface area contributed by atoms with Gasteiger partial charge in [0.2, 0.25) is 0 Å². The zero-order valence-corrected chi connectivity index (χ0v) is 11.7. The van der Waals surface area contributed by atoms with E-state index >= 15 is 0 Å². The lowest BCUT2D eigenvalue weighted by molar-refractivity contribution is 0.628. The van der Waals surface area contributed by atoms with Crippen molar-refractivity contribution in [3.8, 4) is 11.1 Å². The number of thiazole rings is 1. The third-order valence-electron chi connectivity index (χ3n) is 3.61. The molecular weight excluding hydrogens is 269 g/mol. The van der Waals surface area contributed by atoms with Crippen LogP contribution in [0.1, 0.15) is 5.69 Å². The Morgan fingerprint density at radius 2 is 1.75 bits per heavy atom. The highest BCUT2D eigenvalue weighted by Crippen LogP contribution is 2.36. The predicted molar refractivity (Wildman–Crippen MR) is 82.9 cm³/mol. The van der Waals surface area contributed by atoms with Crippen LogP contribution in [0.5, 0.6) is 0 Å². The van der Waals surface area contributed by atoms with Gasteiger partial charge >= 0.3 is 0 Å². The zero-order chi connectivity index (χ0) is 13.7. The summed E-state index contributed by atoms with van der Waals surface area (Å²) in [6.07, 6.45) is 0. The Morgan fingerprint density at radius 1 is 1.00 bits per heavy atom. The van der Waals surface area contributed by atoms with Crippen LogP contribution < -0.4 is 0 Å². The van der Waals surface area contributed by atoms with Gasteiger partial charge in [-0.25, -0.2) is 4.39 Å². The molecule has 0 spiro atoms. The van der Waals surface area contributed by atoms with E-state index in [-0.39, 0.29) is 5.82 Å². The Bertz CT molecular complexity index is 915. The molecule has 0 fully saturated rings. The molecule has 2 aromatic carbocycles. The number of benzene rings is 2. The molecule has 0 N–H and O–H groups in total. The Labute approximate surface area is 119 Å². The first-order valence-electron chi connectivity index (χ1n) is 6.49. The fourth-order valence-corrected chi connectivity index (χ4v) is 3.92. The molecule has 0 atom stereocenters. The fraction of sp³-hybridized carbons (Fsp3) is 0.0588. The lowest BCUT2D eigenvalue weighted by Gasteiger charge is -1.97. The van der Waals surface area contributed by atoms with Crippen molar-refractivity contribution >= 4 is 26.4 Å². The summed E-state index contributed by atoms with van der Waals surface area (Å²) in [5, 5.41) is 0.